The zero-order chi connectivity index (χ0) is 61.7. The number of halogens is 2. The molecule has 18 heteroatoms. The van der Waals surface area contributed by atoms with Crippen molar-refractivity contribution < 1.29 is 52.0 Å². The Kier molecular flexibility index (Phi) is 30.5. The van der Waals surface area contributed by atoms with E-state index in [0.717, 1.165) is 83.5 Å². The Morgan fingerprint density at radius 3 is 2.33 bits per heavy atom. The summed E-state index contributed by atoms with van der Waals surface area (Å²) < 4.78 is 52.4. The van der Waals surface area contributed by atoms with Gasteiger partial charge in [0.05, 0.1) is 37.9 Å². The van der Waals surface area contributed by atoms with Gasteiger partial charge >= 0.3 is 12.1 Å². The average molecular weight is 1170 g/mol. The average Bonchev–Trinajstić information content (AvgIpc) is 1.30. The molecule has 4 aliphatic heterocycles. The molecule has 3 N–H and O–H groups in total. The summed E-state index contributed by atoms with van der Waals surface area (Å²) in [4.78, 5) is 60.5. The number of phenolic OH excluding ortho intramolecular Hbond substituents is 1. The number of hydrogen-bond acceptors (Lipinski definition) is 14. The Morgan fingerprint density at radius 1 is 0.940 bits per heavy atom. The highest BCUT2D eigenvalue weighted by atomic mass is 19.1. The molecule has 0 bridgehead atoms. The highest BCUT2D eigenvalue weighted by Gasteiger charge is 2.37. The Balaban J connectivity index is 0.000000278. The lowest BCUT2D eigenvalue weighted by molar-refractivity contribution is -0.136. The third-order valence-corrected chi connectivity index (χ3v) is 15.2. The summed E-state index contributed by atoms with van der Waals surface area (Å²) in [6, 6.07) is 13.3. The lowest BCUT2D eigenvalue weighted by Crippen LogP contribution is -2.40. The van der Waals surface area contributed by atoms with Crippen LogP contribution in [0.15, 0.2) is 48.7 Å². The van der Waals surface area contributed by atoms with Gasteiger partial charge in [-0.1, -0.05) is 92.0 Å². The van der Waals surface area contributed by atoms with Crippen LogP contribution in [-0.4, -0.2) is 128 Å². The second-order valence-corrected chi connectivity index (χ2v) is 21.1. The fourth-order valence-electron chi connectivity index (χ4n) is 10.7. The number of aldehydes is 1. The van der Waals surface area contributed by atoms with Crippen LogP contribution < -0.4 is 20.3 Å². The predicted molar refractivity (Wildman–Crippen MR) is 329 cm³/mol. The summed E-state index contributed by atoms with van der Waals surface area (Å²) in [6.45, 7) is 26.5. The van der Waals surface area contributed by atoms with Crippen LogP contribution in [0.25, 0.3) is 32.9 Å². The number of aromatic nitrogens is 3. The molecule has 0 radical (unpaired) electrons. The first-order valence-corrected chi connectivity index (χ1v) is 30.3. The monoisotopic (exact) mass is 1170 g/mol. The number of benzene rings is 3. The fraction of sp³-hybridized carbons (Fsp3) is 0.561. The van der Waals surface area contributed by atoms with Crippen LogP contribution in [0.5, 0.6) is 11.8 Å². The number of imide groups is 1. The van der Waals surface area contributed by atoms with Crippen LogP contribution in [0.4, 0.5) is 19.4 Å². The summed E-state index contributed by atoms with van der Waals surface area (Å²) >= 11 is 0. The smallest absolute Gasteiger partial charge is 0.407 e. The number of nitrogens with zero attached hydrogens (tertiary/aromatic N) is 5. The van der Waals surface area contributed by atoms with Gasteiger partial charge in [-0.15, -0.1) is 6.42 Å². The van der Waals surface area contributed by atoms with Crippen molar-refractivity contribution in [3.8, 4) is 35.4 Å². The lowest BCUT2D eigenvalue weighted by Gasteiger charge is -2.32. The van der Waals surface area contributed by atoms with Gasteiger partial charge in [-0.25, -0.2) is 13.6 Å². The number of alkyl carbamates (subject to hydrolysis) is 1. The number of rotatable bonds is 18. The molecule has 4 fully saturated rings. The van der Waals surface area contributed by atoms with E-state index < -0.39 is 11.6 Å². The maximum Gasteiger partial charge on any atom is 0.407 e. The van der Waals surface area contributed by atoms with E-state index in [1.54, 1.807) is 0 Å². The van der Waals surface area contributed by atoms with E-state index in [1.165, 1.54) is 73.5 Å². The molecule has 16 nitrogen and oxygen atoms in total. The van der Waals surface area contributed by atoms with Gasteiger partial charge in [0.15, 0.2) is 5.82 Å². The van der Waals surface area contributed by atoms with E-state index in [1.807, 2.05) is 41.5 Å². The van der Waals surface area contributed by atoms with Crippen molar-refractivity contribution >= 4 is 51.7 Å². The minimum atomic E-state index is -0.733. The van der Waals surface area contributed by atoms with Gasteiger partial charge in [0.25, 0.3) is 0 Å². The Hall–Kier alpha value is -6.81. The summed E-state index contributed by atoms with van der Waals surface area (Å²) in [5.41, 5.74) is 4.12. The molecular weight excluding hydrogens is 1070 g/mol. The van der Waals surface area contributed by atoms with Gasteiger partial charge < -0.3 is 39.1 Å². The second-order valence-electron chi connectivity index (χ2n) is 21.1. The van der Waals surface area contributed by atoms with Crippen LogP contribution in [0.2, 0.25) is 0 Å². The lowest BCUT2D eigenvalue weighted by atomic mass is 9.94. The second kappa shape index (κ2) is 36.8. The van der Waals surface area contributed by atoms with Crippen molar-refractivity contribution in [3.63, 3.8) is 0 Å². The summed E-state index contributed by atoms with van der Waals surface area (Å²) in [6.07, 6.45) is 19.5. The number of amides is 3. The molecule has 460 valence electrons. The molecule has 5 unspecified atom stereocenters. The first kappa shape index (κ1) is 69.7. The quantitative estimate of drug-likeness (QED) is 0.0324. The number of methoxy groups -OCH3 is 1. The number of piperidine rings is 2. The van der Waals surface area contributed by atoms with Crippen molar-refractivity contribution in [3.05, 3.63) is 82.5 Å². The Bertz CT molecular complexity index is 2940. The standard InChI is InChI=1S/C26H22F2N4O2.C25H40N2O4.C8H13NO2.C3H6O.2C2H6/c1-4-17-20(27)8-7-15-10-16(33)11-18(21(15)17)23-22(28)24-19(12-29-23)25(31-26(30-24)34-3)32-9-5-6-14(2)13-32;1-19-6-7-22(17-21(19)3)20(2)10-13-29-15-16-30-14-11-26-25(28)31-18-24-9-8-23-5-4-12-27(23)24;1-2-3-6-4-5-7(10)9-8(6)11;1-2-3-4;2*1-2/h1,7-8,10-12,14,33H,5-6,9,13H2,2-3H3;6-7,17,20,23-24H,4-5,8-16,18H2,1-3H3,(H,26,28);6H,2-5H2,1H3,(H,9,10,11);3H,2H2,1H3;2*1-2H3. The molecule has 84 heavy (non-hydrogen) atoms. The molecule has 4 aliphatic rings. The predicted octanol–water partition coefficient (Wildman–Crippen LogP) is 12.7. The number of nitrogens with one attached hydrogen (secondary N) is 2. The highest BCUT2D eigenvalue weighted by Crippen LogP contribution is 2.39. The van der Waals surface area contributed by atoms with Crippen molar-refractivity contribution in [1.82, 2.24) is 30.5 Å². The van der Waals surface area contributed by atoms with E-state index in [4.69, 9.17) is 25.4 Å². The van der Waals surface area contributed by atoms with Gasteiger partial charge in [-0.3, -0.25) is 24.8 Å². The SMILES string of the molecule is C#Cc1c(F)ccc2cc(O)cc(-c3ncc4c(N5CCCC(C)C5)nc(OC)nc4c3F)c12.CC.CC.CCC=O.CCCC1CCC(=O)NC1=O.Cc1ccc(C(C)CCOCCOCCNC(=O)OCC2CCC3CCCN32)cc1C. The number of ether oxygens (including phenoxy) is 4. The largest absolute Gasteiger partial charge is 0.508 e. The van der Waals surface area contributed by atoms with Gasteiger partial charge in [0.1, 0.15) is 41.5 Å². The Labute approximate surface area is 497 Å². The molecule has 3 amide bonds. The molecule has 4 saturated heterocycles. The van der Waals surface area contributed by atoms with Crippen LogP contribution in [0, 0.1) is 49.7 Å². The number of pyridine rings is 1. The number of aromatic hydroxyl groups is 1. The molecule has 0 spiro atoms. The number of fused-ring (bicyclic) bond motifs is 3. The van der Waals surface area contributed by atoms with E-state index in [9.17, 15) is 28.7 Å². The van der Waals surface area contributed by atoms with E-state index in [-0.39, 0.29) is 63.3 Å². The maximum absolute atomic E-state index is 16.0. The third-order valence-electron chi connectivity index (χ3n) is 15.2. The third kappa shape index (κ3) is 20.2. The molecule has 3 aromatic carbocycles. The van der Waals surface area contributed by atoms with Gasteiger partial charge in [-0.2, -0.15) is 9.97 Å². The zero-order valence-electron chi connectivity index (χ0n) is 51.7. The van der Waals surface area contributed by atoms with Crippen LogP contribution in [0.3, 0.4) is 0 Å². The van der Waals surface area contributed by atoms with E-state index in [0.29, 0.717) is 80.3 Å². The number of carbonyl (C=O) groups is 4. The molecular formula is C66H93F2N7O9. The maximum atomic E-state index is 16.0. The minimum absolute atomic E-state index is 0.0280. The molecule has 6 heterocycles. The molecule has 5 aromatic rings. The minimum Gasteiger partial charge on any atom is -0.508 e. The normalized spacial score (nSPS) is 18.3. The number of aryl methyl sites for hydroxylation is 2. The van der Waals surface area contributed by atoms with Crippen molar-refractivity contribution in [2.45, 2.75) is 164 Å². The van der Waals surface area contributed by atoms with Crippen LogP contribution in [0.1, 0.15) is 161 Å². The Morgan fingerprint density at radius 2 is 1.67 bits per heavy atom. The topological polar surface area (TPSA) is 195 Å². The first-order valence-electron chi connectivity index (χ1n) is 30.3. The first-order chi connectivity index (χ1) is 40.6. The molecule has 9 rings (SSSR count). The molecule has 0 saturated carbocycles. The van der Waals surface area contributed by atoms with Crippen molar-refractivity contribution in [1.29, 1.82) is 0 Å². The number of anilines is 1. The summed E-state index contributed by atoms with van der Waals surface area (Å²) in [5.74, 6) is 2.25. The van der Waals surface area contributed by atoms with Gasteiger partial charge in [0.2, 0.25) is 11.8 Å². The van der Waals surface area contributed by atoms with Crippen molar-refractivity contribution in [2.75, 3.05) is 71.2 Å². The highest BCUT2D eigenvalue weighted by molar-refractivity contribution is 6.03. The number of phenols is 1. The summed E-state index contributed by atoms with van der Waals surface area (Å²) in [7, 11) is 1.43. The van der Waals surface area contributed by atoms with E-state index >= 15 is 4.39 Å². The zero-order valence-corrected chi connectivity index (χ0v) is 51.7. The molecule has 0 aliphatic carbocycles. The summed E-state index contributed by atoms with van der Waals surface area (Å²) in [5, 5.41) is 16.6. The van der Waals surface area contributed by atoms with Gasteiger partial charge in [-0.05, 0) is 130 Å². The molecule has 5 atom stereocenters. The van der Waals surface area contributed by atoms with Gasteiger partial charge in [0, 0.05) is 74.2 Å². The van der Waals surface area contributed by atoms with Crippen molar-refractivity contribution in [2.24, 2.45) is 11.8 Å². The van der Waals surface area contributed by atoms with Crippen LogP contribution in [-0.2, 0) is 28.6 Å². The molecule has 2 aromatic heterocycles. The van der Waals surface area contributed by atoms with Crippen LogP contribution >= 0.6 is 0 Å². The number of hydrogen-bond donors (Lipinski definition) is 3. The number of terminal acetylenes is 1. The number of carbonyl (C=O) groups excluding carboxylic acids is 4. The fourth-order valence-corrected chi connectivity index (χ4v) is 10.7. The van der Waals surface area contributed by atoms with E-state index in [2.05, 4.69) is 87.2 Å².